The van der Waals surface area contributed by atoms with Crippen molar-refractivity contribution >= 4 is 5.97 Å². The monoisotopic (exact) mass is 427 g/mol. The van der Waals surface area contributed by atoms with Crippen molar-refractivity contribution in [2.24, 2.45) is 11.8 Å². The predicted molar refractivity (Wildman–Crippen MR) is 99.7 cm³/mol. The van der Waals surface area contributed by atoms with Gasteiger partial charge in [-0.25, -0.2) is 4.79 Å². The molecule has 1 aromatic carbocycles. The van der Waals surface area contributed by atoms with Gasteiger partial charge in [0.2, 0.25) is 5.89 Å². The largest absolute Gasteiger partial charge is 0.490 e. The molecule has 7 nitrogen and oxygen atoms in total. The Kier molecular flexibility index (Phi) is 6.77. The Morgan fingerprint density at radius 2 is 1.87 bits per heavy atom. The summed E-state index contributed by atoms with van der Waals surface area (Å²) in [6, 6.07) is 8.83. The second kappa shape index (κ2) is 9.13. The maximum absolute atomic E-state index is 10.6. The summed E-state index contributed by atoms with van der Waals surface area (Å²) in [6.45, 7) is 8.70. The van der Waals surface area contributed by atoms with Crippen molar-refractivity contribution < 1.29 is 32.3 Å². The smallest absolute Gasteiger partial charge is 0.475 e. The van der Waals surface area contributed by atoms with Gasteiger partial charge in [-0.3, -0.25) is 4.90 Å². The number of alkyl halides is 3. The maximum Gasteiger partial charge on any atom is 0.490 e. The molecule has 0 aliphatic carbocycles. The second-order valence-electron chi connectivity index (χ2n) is 7.73. The van der Waals surface area contributed by atoms with Gasteiger partial charge in [0, 0.05) is 19.6 Å². The standard InChI is InChI=1S/C18H23N3O2.C2HF3O2/c1-12-3-5-14(6-4-12)7-21-8-15-10-22-11-17(16(15)9-21)18-19-13(2)20-23-18;3-2(4,5)1(6)7/h3-6,15-17H,7-11H2,1-2H3;(H,6,7)/t15-,16-,17+;/m1./s1. The minimum Gasteiger partial charge on any atom is -0.475 e. The van der Waals surface area contributed by atoms with E-state index in [1.807, 2.05) is 6.92 Å². The predicted octanol–water partition coefficient (Wildman–Crippen LogP) is 3.18. The van der Waals surface area contributed by atoms with Crippen LogP contribution in [-0.2, 0) is 16.1 Å². The molecular weight excluding hydrogens is 403 g/mol. The lowest BCUT2D eigenvalue weighted by atomic mass is 9.83. The van der Waals surface area contributed by atoms with Crippen LogP contribution >= 0.6 is 0 Å². The topological polar surface area (TPSA) is 88.7 Å². The zero-order valence-corrected chi connectivity index (χ0v) is 16.7. The number of hydrogen-bond donors (Lipinski definition) is 1. The molecular formula is C20H24F3N3O4. The third-order valence-corrected chi connectivity index (χ3v) is 5.34. The van der Waals surface area contributed by atoms with Crippen molar-refractivity contribution in [3.63, 3.8) is 0 Å². The van der Waals surface area contributed by atoms with E-state index in [0.29, 0.717) is 24.3 Å². The zero-order chi connectivity index (χ0) is 21.9. The third kappa shape index (κ3) is 5.57. The minimum absolute atomic E-state index is 0.234. The van der Waals surface area contributed by atoms with Gasteiger partial charge in [0.25, 0.3) is 0 Å². The van der Waals surface area contributed by atoms with E-state index < -0.39 is 12.1 Å². The summed E-state index contributed by atoms with van der Waals surface area (Å²) >= 11 is 0. The van der Waals surface area contributed by atoms with E-state index in [-0.39, 0.29) is 5.92 Å². The molecule has 1 N–H and O–H groups in total. The van der Waals surface area contributed by atoms with E-state index in [2.05, 4.69) is 46.2 Å². The normalized spacial score (nSPS) is 24.1. The number of carboxylic acids is 1. The van der Waals surface area contributed by atoms with E-state index >= 15 is 0 Å². The quantitative estimate of drug-likeness (QED) is 0.805. The molecule has 164 valence electrons. The van der Waals surface area contributed by atoms with Crippen molar-refractivity contribution in [3.8, 4) is 0 Å². The lowest BCUT2D eigenvalue weighted by Crippen LogP contribution is -2.33. The first-order valence-corrected chi connectivity index (χ1v) is 9.59. The fraction of sp³-hybridized carbons (Fsp3) is 0.550. The van der Waals surface area contributed by atoms with Gasteiger partial charge < -0.3 is 14.4 Å². The molecule has 0 radical (unpaired) electrons. The van der Waals surface area contributed by atoms with Crippen LogP contribution in [0.3, 0.4) is 0 Å². The van der Waals surface area contributed by atoms with Gasteiger partial charge in [-0.15, -0.1) is 0 Å². The van der Waals surface area contributed by atoms with Crippen molar-refractivity contribution in [1.82, 2.24) is 15.0 Å². The Morgan fingerprint density at radius 3 is 2.43 bits per heavy atom. The van der Waals surface area contributed by atoms with Crippen LogP contribution in [-0.4, -0.2) is 58.6 Å². The Morgan fingerprint density at radius 1 is 1.20 bits per heavy atom. The molecule has 0 spiro atoms. The first kappa shape index (κ1) is 22.2. The van der Waals surface area contributed by atoms with Gasteiger partial charge in [0.05, 0.1) is 19.1 Å². The first-order valence-electron chi connectivity index (χ1n) is 9.59. The average Bonchev–Trinajstić information content (AvgIpc) is 3.28. The number of rotatable bonds is 3. The van der Waals surface area contributed by atoms with Gasteiger partial charge in [-0.05, 0) is 31.2 Å². The number of halogens is 3. The molecule has 3 heterocycles. The highest BCUT2D eigenvalue weighted by molar-refractivity contribution is 5.73. The molecule has 10 heteroatoms. The number of carbonyl (C=O) groups is 1. The second-order valence-corrected chi connectivity index (χ2v) is 7.73. The molecule has 2 aliphatic rings. The van der Waals surface area contributed by atoms with E-state index in [4.69, 9.17) is 19.2 Å². The highest BCUT2D eigenvalue weighted by Gasteiger charge is 2.43. The van der Waals surface area contributed by atoms with Crippen LogP contribution in [0.15, 0.2) is 28.8 Å². The van der Waals surface area contributed by atoms with Crippen molar-refractivity contribution in [2.45, 2.75) is 32.5 Å². The van der Waals surface area contributed by atoms with E-state index in [9.17, 15) is 13.2 Å². The van der Waals surface area contributed by atoms with Crippen LogP contribution in [0, 0.1) is 25.7 Å². The fourth-order valence-corrected chi connectivity index (χ4v) is 3.89. The van der Waals surface area contributed by atoms with Crippen LogP contribution in [0.25, 0.3) is 0 Å². The van der Waals surface area contributed by atoms with Gasteiger partial charge in [0.1, 0.15) is 0 Å². The Bertz CT molecular complexity index is 854. The van der Waals surface area contributed by atoms with Gasteiger partial charge in [0.15, 0.2) is 5.82 Å². The van der Waals surface area contributed by atoms with E-state index in [1.54, 1.807) is 0 Å². The molecule has 2 saturated heterocycles. The third-order valence-electron chi connectivity index (χ3n) is 5.34. The molecule has 0 saturated carbocycles. The number of nitrogens with zero attached hydrogens (tertiary/aromatic N) is 3. The molecule has 4 rings (SSSR count). The SMILES string of the molecule is Cc1ccc(CN2C[C@@H]3COC[C@H](c4nc(C)no4)[C@@H]3C2)cc1.O=C(O)C(F)(F)F. The lowest BCUT2D eigenvalue weighted by Gasteiger charge is -2.30. The zero-order valence-electron chi connectivity index (χ0n) is 16.7. The van der Waals surface area contributed by atoms with Crippen LogP contribution in [0.1, 0.15) is 28.8 Å². The van der Waals surface area contributed by atoms with Crippen LogP contribution in [0.4, 0.5) is 13.2 Å². The highest BCUT2D eigenvalue weighted by atomic mass is 19.4. The molecule has 30 heavy (non-hydrogen) atoms. The number of carboxylic acid groups (broad SMARTS) is 1. The molecule has 3 atom stereocenters. The number of likely N-dealkylation sites (tertiary alicyclic amines) is 1. The summed E-state index contributed by atoms with van der Waals surface area (Å²) in [4.78, 5) is 15.9. The summed E-state index contributed by atoms with van der Waals surface area (Å²) < 4.78 is 43.0. The van der Waals surface area contributed by atoms with Crippen LogP contribution in [0.5, 0.6) is 0 Å². The van der Waals surface area contributed by atoms with Crippen molar-refractivity contribution in [1.29, 1.82) is 0 Å². The summed E-state index contributed by atoms with van der Waals surface area (Å²) in [5, 5.41) is 11.1. The van der Waals surface area contributed by atoms with E-state index in [1.165, 1.54) is 11.1 Å². The molecule has 0 bridgehead atoms. The Balaban J connectivity index is 0.000000318. The lowest BCUT2D eigenvalue weighted by molar-refractivity contribution is -0.192. The Hall–Kier alpha value is -2.46. The van der Waals surface area contributed by atoms with E-state index in [0.717, 1.165) is 32.1 Å². The number of fused-ring (bicyclic) bond motifs is 1. The van der Waals surface area contributed by atoms with Gasteiger partial charge in [-0.2, -0.15) is 18.2 Å². The number of aliphatic carboxylic acids is 1. The van der Waals surface area contributed by atoms with Crippen molar-refractivity contribution in [2.75, 3.05) is 26.3 Å². The molecule has 0 amide bonds. The number of benzene rings is 1. The number of aryl methyl sites for hydroxylation is 2. The van der Waals surface area contributed by atoms with Crippen LogP contribution in [0.2, 0.25) is 0 Å². The number of hydrogen-bond acceptors (Lipinski definition) is 6. The Labute approximate surface area is 171 Å². The maximum atomic E-state index is 10.6. The van der Waals surface area contributed by atoms with Crippen molar-refractivity contribution in [3.05, 3.63) is 47.1 Å². The minimum atomic E-state index is -5.08. The summed E-state index contributed by atoms with van der Waals surface area (Å²) in [7, 11) is 0. The number of aromatic nitrogens is 2. The molecule has 1 aromatic heterocycles. The van der Waals surface area contributed by atoms with Crippen LogP contribution < -0.4 is 0 Å². The molecule has 2 aliphatic heterocycles. The summed E-state index contributed by atoms with van der Waals surface area (Å²) in [5.74, 6) is 0.0388. The first-order chi connectivity index (χ1) is 14.1. The number of ether oxygens (including phenoxy) is 1. The average molecular weight is 427 g/mol. The van der Waals surface area contributed by atoms with Gasteiger partial charge in [-0.1, -0.05) is 35.0 Å². The summed E-state index contributed by atoms with van der Waals surface area (Å²) in [6.07, 6.45) is -5.08. The highest BCUT2D eigenvalue weighted by Crippen LogP contribution is 2.39. The van der Waals surface area contributed by atoms with Gasteiger partial charge >= 0.3 is 12.1 Å². The molecule has 2 fully saturated rings. The summed E-state index contributed by atoms with van der Waals surface area (Å²) in [5.41, 5.74) is 2.68. The fourth-order valence-electron chi connectivity index (χ4n) is 3.89. The molecule has 0 unspecified atom stereocenters. The molecule has 2 aromatic rings.